The second-order valence-corrected chi connectivity index (χ2v) is 4.69. The minimum Gasteiger partial charge on any atom is -0.355 e. The lowest BCUT2D eigenvalue weighted by Gasteiger charge is -2.17. The van der Waals surface area contributed by atoms with Gasteiger partial charge in [0.1, 0.15) is 12.4 Å². The number of amides is 2. The minimum absolute atomic E-state index is 0.0239. The quantitative estimate of drug-likeness (QED) is 0.841. The van der Waals surface area contributed by atoms with E-state index in [1.165, 1.54) is 6.07 Å². The average molecular weight is 278 g/mol. The topological polar surface area (TPSA) is 66.5 Å². The van der Waals surface area contributed by atoms with Crippen molar-refractivity contribution in [2.45, 2.75) is 20.3 Å². The van der Waals surface area contributed by atoms with Crippen LogP contribution in [0.4, 0.5) is 10.1 Å². The van der Waals surface area contributed by atoms with E-state index in [4.69, 9.17) is 0 Å². The van der Waals surface area contributed by atoms with Gasteiger partial charge in [-0.2, -0.15) is 0 Å². The van der Waals surface area contributed by atoms with Crippen LogP contribution in [0.2, 0.25) is 0 Å². The standard InChI is InChI=1S/C14H15FN2O3/c1-3-4-16-11(18)7-17-12-8(2)5-9(15)6-10(12)13(19)14(17)20/h5-6H,3-4,7H2,1-2H3,(H,16,18). The van der Waals surface area contributed by atoms with Gasteiger partial charge in [-0.1, -0.05) is 6.92 Å². The molecule has 0 radical (unpaired) electrons. The van der Waals surface area contributed by atoms with Gasteiger partial charge in [-0.3, -0.25) is 19.3 Å². The average Bonchev–Trinajstić information content (AvgIpc) is 2.62. The van der Waals surface area contributed by atoms with E-state index >= 15 is 0 Å². The summed E-state index contributed by atoms with van der Waals surface area (Å²) in [4.78, 5) is 36.5. The van der Waals surface area contributed by atoms with Crippen LogP contribution in [-0.4, -0.2) is 30.7 Å². The monoisotopic (exact) mass is 278 g/mol. The van der Waals surface area contributed by atoms with Crippen molar-refractivity contribution in [2.24, 2.45) is 0 Å². The first kappa shape index (κ1) is 14.2. The molecule has 0 aromatic heterocycles. The Bertz CT molecular complexity index is 598. The molecule has 1 aromatic carbocycles. The van der Waals surface area contributed by atoms with Gasteiger partial charge < -0.3 is 5.32 Å². The van der Waals surface area contributed by atoms with Crippen molar-refractivity contribution in [1.82, 2.24) is 5.32 Å². The van der Waals surface area contributed by atoms with E-state index in [2.05, 4.69) is 5.32 Å². The maximum atomic E-state index is 13.3. The Balaban J connectivity index is 2.31. The summed E-state index contributed by atoms with van der Waals surface area (Å²) >= 11 is 0. The molecule has 0 unspecified atom stereocenters. The number of anilines is 1. The van der Waals surface area contributed by atoms with Gasteiger partial charge in [-0.25, -0.2) is 4.39 Å². The summed E-state index contributed by atoms with van der Waals surface area (Å²) < 4.78 is 13.3. The molecule has 0 saturated heterocycles. The fraction of sp³-hybridized carbons (Fsp3) is 0.357. The first-order chi connectivity index (χ1) is 9.45. The fourth-order valence-electron chi connectivity index (χ4n) is 2.22. The second kappa shape index (κ2) is 5.40. The number of carbonyl (C=O) groups is 3. The van der Waals surface area contributed by atoms with Crippen molar-refractivity contribution in [2.75, 3.05) is 18.0 Å². The summed E-state index contributed by atoms with van der Waals surface area (Å²) in [5, 5.41) is 2.64. The Labute approximate surface area is 115 Å². The van der Waals surface area contributed by atoms with Gasteiger partial charge in [0.2, 0.25) is 5.91 Å². The van der Waals surface area contributed by atoms with Crippen molar-refractivity contribution in [1.29, 1.82) is 0 Å². The number of hydrogen-bond acceptors (Lipinski definition) is 3. The van der Waals surface area contributed by atoms with Crippen molar-refractivity contribution >= 4 is 23.3 Å². The maximum Gasteiger partial charge on any atom is 0.299 e. The number of ketones is 1. The van der Waals surface area contributed by atoms with Gasteiger partial charge in [0, 0.05) is 6.54 Å². The molecule has 0 atom stereocenters. The molecule has 20 heavy (non-hydrogen) atoms. The second-order valence-electron chi connectivity index (χ2n) is 4.69. The van der Waals surface area contributed by atoms with Crippen molar-refractivity contribution in [3.8, 4) is 0 Å². The number of benzene rings is 1. The number of carbonyl (C=O) groups excluding carboxylic acids is 3. The Hall–Kier alpha value is -2.24. The summed E-state index contributed by atoms with van der Waals surface area (Å²) in [5.74, 6) is -2.48. The number of hydrogen-bond donors (Lipinski definition) is 1. The minimum atomic E-state index is -0.791. The number of nitrogens with one attached hydrogen (secondary N) is 1. The molecule has 1 aliphatic rings. The van der Waals surface area contributed by atoms with Gasteiger partial charge in [0.05, 0.1) is 11.3 Å². The van der Waals surface area contributed by atoms with E-state index < -0.39 is 17.5 Å². The Morgan fingerprint density at radius 3 is 2.70 bits per heavy atom. The van der Waals surface area contributed by atoms with Gasteiger partial charge in [-0.15, -0.1) is 0 Å². The molecule has 5 nitrogen and oxygen atoms in total. The number of Topliss-reactive ketones (excluding diaryl/α,β-unsaturated/α-hetero) is 1. The molecule has 1 N–H and O–H groups in total. The molecule has 106 valence electrons. The lowest BCUT2D eigenvalue weighted by molar-refractivity contribution is -0.122. The van der Waals surface area contributed by atoms with E-state index in [1.54, 1.807) is 6.92 Å². The highest BCUT2D eigenvalue weighted by Gasteiger charge is 2.38. The number of rotatable bonds is 4. The molecule has 0 bridgehead atoms. The van der Waals surface area contributed by atoms with E-state index in [9.17, 15) is 18.8 Å². The van der Waals surface area contributed by atoms with Crippen molar-refractivity contribution in [3.63, 3.8) is 0 Å². The fourth-order valence-corrected chi connectivity index (χ4v) is 2.22. The Morgan fingerprint density at radius 1 is 1.35 bits per heavy atom. The van der Waals surface area contributed by atoms with Gasteiger partial charge >= 0.3 is 0 Å². The molecule has 6 heteroatoms. The van der Waals surface area contributed by atoms with Crippen molar-refractivity contribution in [3.05, 3.63) is 29.1 Å². The van der Waals surface area contributed by atoms with Crippen molar-refractivity contribution < 1.29 is 18.8 Å². The summed E-state index contributed by atoms with van der Waals surface area (Å²) in [6.45, 7) is 3.78. The normalized spacial score (nSPS) is 13.7. The zero-order valence-electron chi connectivity index (χ0n) is 11.3. The molecule has 0 spiro atoms. The van der Waals surface area contributed by atoms with E-state index in [-0.39, 0.29) is 18.0 Å². The molecule has 0 fully saturated rings. The molecule has 2 rings (SSSR count). The lowest BCUT2D eigenvalue weighted by atomic mass is 10.1. The summed E-state index contributed by atoms with van der Waals surface area (Å²) in [6.07, 6.45) is 0.777. The van der Waals surface area contributed by atoms with Crippen LogP contribution in [0.3, 0.4) is 0 Å². The first-order valence-electron chi connectivity index (χ1n) is 6.38. The van der Waals surface area contributed by atoms with Crippen LogP contribution in [0.1, 0.15) is 29.3 Å². The van der Waals surface area contributed by atoms with Crippen LogP contribution in [0.15, 0.2) is 12.1 Å². The van der Waals surface area contributed by atoms with Crippen LogP contribution in [-0.2, 0) is 9.59 Å². The Morgan fingerprint density at radius 2 is 2.05 bits per heavy atom. The van der Waals surface area contributed by atoms with Gasteiger partial charge in [0.25, 0.3) is 11.7 Å². The van der Waals surface area contributed by atoms with E-state index in [1.807, 2.05) is 6.92 Å². The van der Waals surface area contributed by atoms with Gasteiger partial charge in [-0.05, 0) is 31.0 Å². The van der Waals surface area contributed by atoms with Crippen LogP contribution in [0.25, 0.3) is 0 Å². The molecule has 0 saturated carbocycles. The van der Waals surface area contributed by atoms with Crippen LogP contribution < -0.4 is 10.2 Å². The van der Waals surface area contributed by atoms with Crippen LogP contribution >= 0.6 is 0 Å². The molecule has 1 heterocycles. The van der Waals surface area contributed by atoms with Crippen LogP contribution in [0.5, 0.6) is 0 Å². The van der Waals surface area contributed by atoms with E-state index in [0.29, 0.717) is 17.8 Å². The summed E-state index contributed by atoms with van der Waals surface area (Å²) in [5.41, 5.74) is 0.811. The molecular weight excluding hydrogens is 263 g/mol. The largest absolute Gasteiger partial charge is 0.355 e. The predicted molar refractivity (Wildman–Crippen MR) is 71.1 cm³/mol. The van der Waals surface area contributed by atoms with Crippen LogP contribution in [0, 0.1) is 12.7 Å². The zero-order valence-corrected chi connectivity index (χ0v) is 11.3. The third kappa shape index (κ3) is 2.41. The molecule has 1 aromatic rings. The third-order valence-corrected chi connectivity index (χ3v) is 3.09. The lowest BCUT2D eigenvalue weighted by Crippen LogP contribution is -2.40. The molecule has 1 aliphatic heterocycles. The molecule has 0 aliphatic carbocycles. The first-order valence-corrected chi connectivity index (χ1v) is 6.38. The number of nitrogens with zero attached hydrogens (tertiary/aromatic N) is 1. The predicted octanol–water partition coefficient (Wildman–Crippen LogP) is 1.19. The Kier molecular flexibility index (Phi) is 3.83. The highest BCUT2D eigenvalue weighted by molar-refractivity contribution is 6.52. The highest BCUT2D eigenvalue weighted by Crippen LogP contribution is 2.32. The third-order valence-electron chi connectivity index (χ3n) is 3.09. The highest BCUT2D eigenvalue weighted by atomic mass is 19.1. The number of fused-ring (bicyclic) bond motifs is 1. The number of aryl methyl sites for hydroxylation is 1. The summed E-state index contributed by atoms with van der Waals surface area (Å²) in [6, 6.07) is 2.27. The molecule has 2 amide bonds. The molecular formula is C14H15FN2O3. The van der Waals surface area contributed by atoms with Gasteiger partial charge in [0.15, 0.2) is 0 Å². The zero-order chi connectivity index (χ0) is 14.9. The summed E-state index contributed by atoms with van der Waals surface area (Å²) in [7, 11) is 0. The maximum absolute atomic E-state index is 13.3. The SMILES string of the molecule is CCCNC(=O)CN1C(=O)C(=O)c2cc(F)cc(C)c21. The smallest absolute Gasteiger partial charge is 0.299 e. The number of halogens is 1. The van der Waals surface area contributed by atoms with E-state index in [0.717, 1.165) is 17.4 Å².